The van der Waals surface area contributed by atoms with Crippen LogP contribution in [0.3, 0.4) is 0 Å². The molecule has 11 heteroatoms. The van der Waals surface area contributed by atoms with Gasteiger partial charge in [0.1, 0.15) is 18.6 Å². The maximum absolute atomic E-state index is 10.9. The van der Waals surface area contributed by atoms with E-state index in [0.717, 1.165) is 43.1 Å². The van der Waals surface area contributed by atoms with Gasteiger partial charge in [-0.05, 0) is 67.2 Å². The monoisotopic (exact) mass is 517 g/mol. The van der Waals surface area contributed by atoms with Gasteiger partial charge in [0.15, 0.2) is 5.60 Å². The Labute approximate surface area is 212 Å². The topological polar surface area (TPSA) is 94.7 Å². The number of anilines is 2. The number of hydrogen-bond acceptors (Lipinski definition) is 7. The summed E-state index contributed by atoms with van der Waals surface area (Å²) in [6.07, 6.45) is 3.42. The lowest BCUT2D eigenvalue weighted by molar-refractivity contribution is -0.389. The van der Waals surface area contributed by atoms with E-state index in [9.17, 15) is 10.1 Å². The highest BCUT2D eigenvalue weighted by Crippen LogP contribution is 2.32. The molecule has 0 spiro atoms. The van der Waals surface area contributed by atoms with Gasteiger partial charge in [-0.25, -0.2) is 0 Å². The number of aromatic nitrogens is 2. The second-order valence-electron chi connectivity index (χ2n) is 9.14. The third kappa shape index (κ3) is 5.26. The molecule has 1 fully saturated rings. The predicted molar refractivity (Wildman–Crippen MR) is 135 cm³/mol. The second kappa shape index (κ2) is 9.47. The Balaban J connectivity index is 1.10. The molecule has 1 atom stereocenters. The summed E-state index contributed by atoms with van der Waals surface area (Å²) in [5, 5.41) is 15.5. The van der Waals surface area contributed by atoms with E-state index in [1.165, 1.54) is 6.20 Å². The summed E-state index contributed by atoms with van der Waals surface area (Å²) in [5.41, 5.74) is 1.50. The fraction of sp³-hybridized carbons (Fsp3) is 0.375. The fourth-order valence-corrected chi connectivity index (χ4v) is 4.75. The molecule has 2 aliphatic heterocycles. The third-order valence-electron chi connectivity index (χ3n) is 6.29. The zero-order valence-electron chi connectivity index (χ0n) is 19.1. The van der Waals surface area contributed by atoms with E-state index in [1.54, 1.807) is 4.57 Å². The number of ether oxygens (including phenoxy) is 2. The molecule has 0 amide bonds. The van der Waals surface area contributed by atoms with Crippen LogP contribution in [0.4, 0.5) is 17.2 Å². The van der Waals surface area contributed by atoms with Crippen molar-refractivity contribution in [2.24, 2.45) is 0 Å². The summed E-state index contributed by atoms with van der Waals surface area (Å²) in [6, 6.07) is 14.3. The molecule has 1 aromatic heterocycles. The molecule has 184 valence electrons. The Hall–Kier alpha value is -3.17. The van der Waals surface area contributed by atoms with Crippen molar-refractivity contribution in [2.45, 2.75) is 38.0 Å². The van der Waals surface area contributed by atoms with E-state index >= 15 is 0 Å². The first kappa shape index (κ1) is 23.6. The minimum Gasteiger partial charge on any atom is -0.489 e. The van der Waals surface area contributed by atoms with Gasteiger partial charge in [0.25, 0.3) is 0 Å². The Kier molecular flexibility index (Phi) is 6.37. The Bertz CT molecular complexity index is 1200. The fourth-order valence-electron chi connectivity index (χ4n) is 4.45. The van der Waals surface area contributed by atoms with Crippen LogP contribution in [0.1, 0.15) is 19.8 Å². The molecule has 9 nitrogen and oxygen atoms in total. The SMILES string of the molecule is C[C@]1(COc2ccc(N3CCC(Nc4ccc(Cl)c(Cl)c4)CC3)cc2)Cn2cc([N+](=O)[O-])nc2O1. The molecule has 0 saturated carbocycles. The van der Waals surface area contributed by atoms with Gasteiger partial charge in [0.2, 0.25) is 0 Å². The predicted octanol–water partition coefficient (Wildman–Crippen LogP) is 5.41. The molecule has 0 unspecified atom stereocenters. The van der Waals surface area contributed by atoms with Crippen molar-refractivity contribution in [3.8, 4) is 11.8 Å². The summed E-state index contributed by atoms with van der Waals surface area (Å²) < 4.78 is 13.4. The lowest BCUT2D eigenvalue weighted by Crippen LogP contribution is -2.39. The molecule has 35 heavy (non-hydrogen) atoms. The van der Waals surface area contributed by atoms with Crippen molar-refractivity contribution in [3.63, 3.8) is 0 Å². The summed E-state index contributed by atoms with van der Waals surface area (Å²) >= 11 is 12.1. The number of piperidine rings is 1. The minimum absolute atomic E-state index is 0.215. The van der Waals surface area contributed by atoms with Crippen molar-refractivity contribution < 1.29 is 14.4 Å². The van der Waals surface area contributed by atoms with Crippen LogP contribution < -0.4 is 19.7 Å². The third-order valence-corrected chi connectivity index (χ3v) is 7.03. The lowest BCUT2D eigenvalue weighted by atomic mass is 10.0. The second-order valence-corrected chi connectivity index (χ2v) is 9.95. The number of nitrogens with zero attached hydrogens (tertiary/aromatic N) is 4. The molecular weight excluding hydrogens is 493 g/mol. The molecule has 3 heterocycles. The number of nitrogens with one attached hydrogen (secondary N) is 1. The number of halogens is 2. The van der Waals surface area contributed by atoms with E-state index in [-0.39, 0.29) is 11.8 Å². The summed E-state index contributed by atoms with van der Waals surface area (Å²) in [4.78, 5) is 16.6. The van der Waals surface area contributed by atoms with Crippen LogP contribution in [0.5, 0.6) is 11.8 Å². The highest BCUT2D eigenvalue weighted by molar-refractivity contribution is 6.42. The van der Waals surface area contributed by atoms with Crippen molar-refractivity contribution in [1.82, 2.24) is 9.55 Å². The van der Waals surface area contributed by atoms with E-state index < -0.39 is 10.5 Å². The highest BCUT2D eigenvalue weighted by Gasteiger charge is 2.41. The van der Waals surface area contributed by atoms with Crippen molar-refractivity contribution in [1.29, 1.82) is 0 Å². The molecule has 0 bridgehead atoms. The molecule has 1 N–H and O–H groups in total. The summed E-state index contributed by atoms with van der Waals surface area (Å²) in [5.74, 6) is 0.526. The van der Waals surface area contributed by atoms with Crippen LogP contribution in [-0.2, 0) is 6.54 Å². The average Bonchev–Trinajstić information content (AvgIpc) is 3.37. The zero-order chi connectivity index (χ0) is 24.6. The Morgan fingerprint density at radius 3 is 2.60 bits per heavy atom. The van der Waals surface area contributed by atoms with Crippen LogP contribution in [-0.4, -0.2) is 45.8 Å². The van der Waals surface area contributed by atoms with Gasteiger partial charge in [-0.1, -0.05) is 23.2 Å². The van der Waals surface area contributed by atoms with E-state index in [1.807, 2.05) is 37.3 Å². The largest absolute Gasteiger partial charge is 0.489 e. The quantitative estimate of drug-likeness (QED) is 0.330. The first-order chi connectivity index (χ1) is 16.8. The van der Waals surface area contributed by atoms with Gasteiger partial charge in [-0.15, -0.1) is 0 Å². The molecule has 3 aromatic rings. The number of imidazole rings is 1. The highest BCUT2D eigenvalue weighted by atomic mass is 35.5. The molecule has 2 aromatic carbocycles. The van der Waals surface area contributed by atoms with E-state index in [2.05, 4.69) is 27.3 Å². The first-order valence-electron chi connectivity index (χ1n) is 11.4. The van der Waals surface area contributed by atoms with Crippen LogP contribution in [0.25, 0.3) is 0 Å². The van der Waals surface area contributed by atoms with Crippen LogP contribution in [0.2, 0.25) is 10.0 Å². The van der Waals surface area contributed by atoms with Gasteiger partial charge in [0.05, 0.1) is 16.6 Å². The van der Waals surface area contributed by atoms with E-state index in [4.69, 9.17) is 32.7 Å². The zero-order valence-corrected chi connectivity index (χ0v) is 20.6. The number of nitro groups is 1. The van der Waals surface area contributed by atoms with Crippen LogP contribution in [0, 0.1) is 10.1 Å². The van der Waals surface area contributed by atoms with Crippen molar-refractivity contribution in [2.75, 3.05) is 29.9 Å². The number of fused-ring (bicyclic) bond motifs is 1. The molecule has 0 aliphatic carbocycles. The first-order valence-corrected chi connectivity index (χ1v) is 12.1. The lowest BCUT2D eigenvalue weighted by Gasteiger charge is -2.34. The normalized spacial score (nSPS) is 19.8. The van der Waals surface area contributed by atoms with E-state index in [0.29, 0.717) is 29.2 Å². The maximum Gasteiger partial charge on any atom is 0.415 e. The van der Waals surface area contributed by atoms with Gasteiger partial charge in [-0.2, -0.15) is 0 Å². The van der Waals surface area contributed by atoms with Crippen LogP contribution >= 0.6 is 23.2 Å². The standard InChI is InChI=1S/C24H25Cl2N5O4/c1-24(14-30-13-22(31(32)33)28-23(30)35-24)15-34-19-5-3-18(4-6-19)29-10-8-16(9-11-29)27-17-2-7-20(25)21(26)12-17/h2-7,12-13,16,27H,8-11,14-15H2,1H3/t24-/m1/s1. The number of hydrogen-bond donors (Lipinski definition) is 1. The number of benzene rings is 2. The molecular formula is C24H25Cl2N5O4. The van der Waals surface area contributed by atoms with Gasteiger partial charge < -0.3 is 29.8 Å². The molecule has 2 aliphatic rings. The Morgan fingerprint density at radius 1 is 1.20 bits per heavy atom. The summed E-state index contributed by atoms with van der Waals surface area (Å²) in [6.45, 7) is 4.53. The smallest absolute Gasteiger partial charge is 0.415 e. The average molecular weight is 518 g/mol. The number of rotatable bonds is 7. The van der Waals surface area contributed by atoms with Gasteiger partial charge in [-0.3, -0.25) is 4.57 Å². The van der Waals surface area contributed by atoms with Crippen LogP contribution in [0.15, 0.2) is 48.7 Å². The Morgan fingerprint density at radius 2 is 1.94 bits per heavy atom. The minimum atomic E-state index is -0.640. The molecule has 1 saturated heterocycles. The maximum atomic E-state index is 10.9. The summed E-state index contributed by atoms with van der Waals surface area (Å²) in [7, 11) is 0. The van der Waals surface area contributed by atoms with Crippen molar-refractivity contribution >= 4 is 40.4 Å². The molecule has 5 rings (SSSR count). The molecule has 0 radical (unpaired) electrons. The van der Waals surface area contributed by atoms with Gasteiger partial charge >= 0.3 is 11.8 Å². The van der Waals surface area contributed by atoms with Gasteiger partial charge in [0, 0.05) is 35.5 Å². The van der Waals surface area contributed by atoms with Crippen molar-refractivity contribution in [3.05, 3.63) is 68.8 Å².